The summed E-state index contributed by atoms with van der Waals surface area (Å²) in [7, 11) is 0. The predicted molar refractivity (Wildman–Crippen MR) is 232 cm³/mol. The van der Waals surface area contributed by atoms with E-state index >= 15 is 0 Å². The van der Waals surface area contributed by atoms with E-state index in [1.807, 2.05) is 47.4 Å². The van der Waals surface area contributed by atoms with Gasteiger partial charge in [0, 0.05) is 49.6 Å². The Hall–Kier alpha value is -5.12. The molecule has 0 spiro atoms. The van der Waals surface area contributed by atoms with Gasteiger partial charge in [-0.25, -0.2) is 0 Å². The molecule has 7 rings (SSSR count). The molecule has 2 fully saturated rings. The Labute approximate surface area is 362 Å². The van der Waals surface area contributed by atoms with Crippen molar-refractivity contribution in [2.24, 2.45) is 28.8 Å². The second-order valence-corrected chi connectivity index (χ2v) is 16.5. The van der Waals surface area contributed by atoms with Crippen LogP contribution in [0.3, 0.4) is 0 Å². The number of hydrogen-bond acceptors (Lipinski definition) is 12. The van der Waals surface area contributed by atoms with E-state index in [4.69, 9.17) is 28.9 Å². The van der Waals surface area contributed by atoms with E-state index in [0.717, 1.165) is 55.2 Å². The molecule has 0 aromatic heterocycles. The minimum atomic E-state index is -1.44. The summed E-state index contributed by atoms with van der Waals surface area (Å²) in [6.07, 6.45) is 10.1. The predicted octanol–water partition coefficient (Wildman–Crippen LogP) is 7.47. The molecule has 3 aliphatic carbocycles. The summed E-state index contributed by atoms with van der Waals surface area (Å²) in [5, 5.41) is 46.0. The van der Waals surface area contributed by atoms with Crippen LogP contribution < -0.4 is 9.47 Å². The van der Waals surface area contributed by atoms with Crippen molar-refractivity contribution >= 4 is 17.3 Å². The molecule has 1 amide bonds. The molecule has 3 aromatic rings. The molecular formula is C48H59N3O11. The summed E-state index contributed by atoms with van der Waals surface area (Å²) in [6, 6.07) is 20.7. The zero-order chi connectivity index (χ0) is 43.5. The number of non-ortho nitro benzene ring substituents is 1. The molecule has 6 atom stereocenters. The van der Waals surface area contributed by atoms with Crippen molar-refractivity contribution in [1.29, 1.82) is 0 Å². The van der Waals surface area contributed by atoms with Crippen molar-refractivity contribution < 1.29 is 48.8 Å². The number of aliphatic hydroxyl groups excluding tert-OH is 3. The van der Waals surface area contributed by atoms with E-state index in [9.17, 15) is 30.2 Å². The second-order valence-electron chi connectivity index (χ2n) is 16.5. The maximum absolute atomic E-state index is 14.6. The summed E-state index contributed by atoms with van der Waals surface area (Å²) in [4.78, 5) is 33.8. The lowest BCUT2D eigenvalue weighted by Gasteiger charge is -2.60. The number of carbonyl (C=O) groups excluding carboxylic acids is 1. The number of fused-ring (bicyclic) bond motifs is 2. The number of nitro benzene ring substituents is 1. The highest BCUT2D eigenvalue weighted by Gasteiger charge is 2.66. The molecule has 3 aromatic carbocycles. The van der Waals surface area contributed by atoms with E-state index in [-0.39, 0.29) is 94.5 Å². The topological polar surface area (TPSA) is 183 Å². The highest BCUT2D eigenvalue weighted by Crippen LogP contribution is 2.62. The van der Waals surface area contributed by atoms with Gasteiger partial charge in [-0.1, -0.05) is 66.5 Å². The number of benzene rings is 3. The Morgan fingerprint density at radius 3 is 2.45 bits per heavy atom. The first-order valence-electron chi connectivity index (χ1n) is 22.0. The molecule has 4 aliphatic rings. The van der Waals surface area contributed by atoms with E-state index in [1.54, 1.807) is 24.3 Å². The maximum atomic E-state index is 14.6. The van der Waals surface area contributed by atoms with Crippen LogP contribution in [0.1, 0.15) is 74.8 Å². The summed E-state index contributed by atoms with van der Waals surface area (Å²) in [5.74, 6) is -1.08. The third kappa shape index (κ3) is 10.2. The number of aliphatic hydroxyl groups is 3. The molecule has 1 heterocycles. The molecular weight excluding hydrogens is 795 g/mol. The van der Waals surface area contributed by atoms with E-state index in [1.165, 1.54) is 12.1 Å². The van der Waals surface area contributed by atoms with Gasteiger partial charge in [0.25, 0.3) is 5.69 Å². The van der Waals surface area contributed by atoms with Crippen LogP contribution in [0.4, 0.5) is 5.69 Å². The van der Waals surface area contributed by atoms with Crippen LogP contribution in [0.5, 0.6) is 17.2 Å². The van der Waals surface area contributed by atoms with E-state index < -0.39 is 22.7 Å². The molecule has 0 bridgehead atoms. The smallest absolute Gasteiger partial charge is 0.273 e. The third-order valence-electron chi connectivity index (χ3n) is 12.5. The number of rotatable bonds is 24. The second kappa shape index (κ2) is 21.3. The van der Waals surface area contributed by atoms with Gasteiger partial charge in [0.15, 0.2) is 0 Å². The van der Waals surface area contributed by atoms with E-state index in [0.29, 0.717) is 35.8 Å². The van der Waals surface area contributed by atoms with Crippen LogP contribution in [0.25, 0.3) is 0 Å². The summed E-state index contributed by atoms with van der Waals surface area (Å²) < 4.78 is 26.5. The SMILES string of the molecule is C=CCO[C@@]12Oc3ccc(Oc4cccc([N+](=O)[O-])c4)cc3[C@H]3[C@H](CCCCO)[C@@H](CCCCO)C=C(C(=NOCc4ccccc4)C[C@@H]1N(CCOCCO)C(=O)C1CC1)[C@H]32. The highest BCUT2D eigenvalue weighted by atomic mass is 16.7. The van der Waals surface area contributed by atoms with Crippen LogP contribution >= 0.6 is 0 Å². The average molecular weight is 854 g/mol. The Bertz CT molecular complexity index is 2060. The Kier molecular flexibility index (Phi) is 15.4. The van der Waals surface area contributed by atoms with Gasteiger partial charge in [0.1, 0.15) is 29.9 Å². The monoisotopic (exact) mass is 853 g/mol. The number of allylic oxidation sites excluding steroid dienone is 1. The first kappa shape index (κ1) is 44.9. The molecule has 62 heavy (non-hydrogen) atoms. The number of nitrogens with zero attached hydrogens (tertiary/aromatic N) is 3. The van der Waals surface area contributed by atoms with Crippen molar-refractivity contribution in [3.05, 3.63) is 118 Å². The maximum Gasteiger partial charge on any atom is 0.273 e. The van der Waals surface area contributed by atoms with Gasteiger partial charge in [-0.05, 0) is 85.8 Å². The number of oxime groups is 1. The van der Waals surface area contributed by atoms with Gasteiger partial charge in [-0.15, -0.1) is 6.58 Å². The van der Waals surface area contributed by atoms with Gasteiger partial charge in [-0.2, -0.15) is 0 Å². The fraction of sp³-hybridized carbons (Fsp3) is 0.500. The van der Waals surface area contributed by atoms with Crippen LogP contribution in [-0.2, 0) is 25.7 Å². The summed E-state index contributed by atoms with van der Waals surface area (Å²) in [6.45, 7) is 4.89. The highest BCUT2D eigenvalue weighted by molar-refractivity contribution is 6.03. The summed E-state index contributed by atoms with van der Waals surface area (Å²) in [5.41, 5.74) is 3.31. The molecule has 1 aliphatic heterocycles. The molecule has 0 unspecified atom stereocenters. The van der Waals surface area contributed by atoms with Gasteiger partial charge >= 0.3 is 0 Å². The van der Waals surface area contributed by atoms with Crippen LogP contribution in [0.2, 0.25) is 0 Å². The number of ether oxygens (including phenoxy) is 4. The van der Waals surface area contributed by atoms with Crippen LogP contribution in [0.15, 0.2) is 102 Å². The van der Waals surface area contributed by atoms with Crippen LogP contribution in [0, 0.1) is 33.8 Å². The van der Waals surface area contributed by atoms with Gasteiger partial charge in [-0.3, -0.25) is 14.9 Å². The molecule has 14 nitrogen and oxygen atoms in total. The minimum absolute atomic E-state index is 0.0119. The zero-order valence-electron chi connectivity index (χ0n) is 35.2. The number of carbonyl (C=O) groups is 1. The first-order chi connectivity index (χ1) is 30.3. The van der Waals surface area contributed by atoms with Crippen molar-refractivity contribution in [3.63, 3.8) is 0 Å². The minimum Gasteiger partial charge on any atom is -0.459 e. The Balaban J connectivity index is 1.42. The zero-order valence-corrected chi connectivity index (χ0v) is 35.2. The first-order valence-corrected chi connectivity index (χ1v) is 22.0. The van der Waals surface area contributed by atoms with Gasteiger partial charge in [0.05, 0.1) is 49.0 Å². The average Bonchev–Trinajstić information content (AvgIpc) is 4.14. The largest absolute Gasteiger partial charge is 0.459 e. The number of unbranched alkanes of at least 4 members (excludes halogenated alkanes) is 2. The number of hydrogen-bond donors (Lipinski definition) is 3. The fourth-order valence-electron chi connectivity index (χ4n) is 9.58. The van der Waals surface area contributed by atoms with Crippen LogP contribution in [-0.4, -0.2) is 94.8 Å². The lowest BCUT2D eigenvalue weighted by Crippen LogP contribution is -2.70. The lowest BCUT2D eigenvalue weighted by molar-refractivity contribution is -0.384. The van der Waals surface area contributed by atoms with Crippen molar-refractivity contribution in [2.75, 3.05) is 46.2 Å². The Morgan fingerprint density at radius 2 is 1.73 bits per heavy atom. The molecule has 332 valence electrons. The molecule has 2 saturated carbocycles. The molecule has 14 heteroatoms. The summed E-state index contributed by atoms with van der Waals surface area (Å²) >= 11 is 0. The molecule has 3 N–H and O–H groups in total. The van der Waals surface area contributed by atoms with Crippen molar-refractivity contribution in [1.82, 2.24) is 4.90 Å². The lowest BCUT2D eigenvalue weighted by atomic mass is 9.55. The third-order valence-corrected chi connectivity index (χ3v) is 12.5. The number of amides is 1. The van der Waals surface area contributed by atoms with E-state index in [2.05, 4.69) is 12.7 Å². The van der Waals surface area contributed by atoms with Gasteiger partial charge < -0.3 is 44.0 Å². The standard InChI is InChI=1S/C48H59N3O11/c1-2-25-59-48-44(50(21-26-58-27-24-54)47(55)34-17-18-34)31-42(49-60-32-33-11-4-3-5-12-33)40-28-35(13-6-8-22-52)39(16-7-9-23-53)45(46(40)48)41-30-38(19-20-43(41)62-48)61-37-15-10-14-36(29-37)51(56)57/h2-5,10-12,14-15,19-20,28-30,34-35,39,44-46,52-54H,1,6-9,13,16-18,21-27,31-32H2/t35-,39+,44-,45+,46+,48+/m0/s1. The number of nitro groups is 1. The van der Waals surface area contributed by atoms with Crippen molar-refractivity contribution in [3.8, 4) is 17.2 Å². The quantitative estimate of drug-likeness (QED) is 0.0352. The van der Waals surface area contributed by atoms with Crippen molar-refractivity contribution in [2.45, 2.75) is 82.1 Å². The molecule has 0 radical (unpaired) electrons. The van der Waals surface area contributed by atoms with Gasteiger partial charge in [0.2, 0.25) is 11.7 Å². The normalized spacial score (nSPS) is 24.3. The molecule has 0 saturated heterocycles. The fourth-order valence-corrected chi connectivity index (χ4v) is 9.58. The Morgan fingerprint density at radius 1 is 0.952 bits per heavy atom.